The highest BCUT2D eigenvalue weighted by Gasteiger charge is 2.07. The van der Waals surface area contributed by atoms with Gasteiger partial charge in [0.05, 0.1) is 0 Å². The van der Waals surface area contributed by atoms with E-state index in [4.69, 9.17) is 0 Å². The number of amides is 3. The minimum atomic E-state index is -0.354. The van der Waals surface area contributed by atoms with Crippen molar-refractivity contribution in [1.82, 2.24) is 25.9 Å². The average Bonchev–Trinajstić information content (AvgIpc) is 3.34. The van der Waals surface area contributed by atoms with Crippen LogP contribution in [-0.2, 0) is 24.4 Å². The van der Waals surface area contributed by atoms with Crippen LogP contribution in [0, 0.1) is 11.8 Å². The summed E-state index contributed by atoms with van der Waals surface area (Å²) in [5, 5.41) is 9.53. The quantitative estimate of drug-likeness (QED) is 0.349. The minimum absolute atomic E-state index is 0.275. The zero-order valence-electron chi connectivity index (χ0n) is 17.9. The number of aromatic amines is 1. The molecular formula is C26H23N5O2. The molecule has 0 spiro atoms. The lowest BCUT2D eigenvalue weighted by molar-refractivity contribution is -0.115. The molecule has 164 valence electrons. The third kappa shape index (κ3) is 5.99. The van der Waals surface area contributed by atoms with E-state index in [9.17, 15) is 9.59 Å². The fourth-order valence-corrected chi connectivity index (χ4v) is 3.36. The fourth-order valence-electron chi connectivity index (χ4n) is 3.36. The Kier molecular flexibility index (Phi) is 6.98. The molecule has 0 aliphatic carbocycles. The van der Waals surface area contributed by atoms with Crippen LogP contribution in [0.15, 0.2) is 79.1 Å². The van der Waals surface area contributed by atoms with Gasteiger partial charge in [0.2, 0.25) is 0 Å². The van der Waals surface area contributed by atoms with Crippen LogP contribution >= 0.6 is 0 Å². The van der Waals surface area contributed by atoms with E-state index in [1.165, 1.54) is 0 Å². The number of fused-ring (bicyclic) bond motifs is 1. The van der Waals surface area contributed by atoms with Gasteiger partial charge in [-0.2, -0.15) is 0 Å². The van der Waals surface area contributed by atoms with E-state index in [1.807, 2.05) is 72.9 Å². The SMILES string of the molecule is O=C(C#Cc1ccccc1)NCc1ccccc1CNC(=O)NCc1ccnc2[nH]ccc12. The van der Waals surface area contributed by atoms with Crippen molar-refractivity contribution in [3.05, 3.63) is 101 Å². The number of hydrogen-bond donors (Lipinski definition) is 4. The van der Waals surface area contributed by atoms with Gasteiger partial charge >= 0.3 is 6.03 Å². The van der Waals surface area contributed by atoms with Crippen molar-refractivity contribution in [1.29, 1.82) is 0 Å². The number of carbonyl (C=O) groups is 2. The summed E-state index contributed by atoms with van der Waals surface area (Å²) < 4.78 is 0. The number of aromatic nitrogens is 2. The number of rotatable bonds is 6. The number of nitrogens with one attached hydrogen (secondary N) is 4. The van der Waals surface area contributed by atoms with Crippen LogP contribution in [0.3, 0.4) is 0 Å². The first-order valence-corrected chi connectivity index (χ1v) is 10.5. The number of H-pyrrole nitrogens is 1. The van der Waals surface area contributed by atoms with Crippen molar-refractivity contribution in [3.8, 4) is 11.8 Å². The molecule has 0 atom stereocenters. The highest BCUT2D eigenvalue weighted by molar-refractivity contribution is 5.94. The van der Waals surface area contributed by atoms with E-state index < -0.39 is 0 Å². The first kappa shape index (κ1) is 21.7. The number of hydrogen-bond acceptors (Lipinski definition) is 3. The highest BCUT2D eigenvalue weighted by Crippen LogP contribution is 2.14. The Labute approximate surface area is 191 Å². The Morgan fingerprint density at radius 2 is 1.45 bits per heavy atom. The Hall–Kier alpha value is -4.57. The van der Waals surface area contributed by atoms with Crippen molar-refractivity contribution in [3.63, 3.8) is 0 Å². The summed E-state index contributed by atoms with van der Waals surface area (Å²) in [6.07, 6.45) is 3.53. The maximum atomic E-state index is 12.3. The van der Waals surface area contributed by atoms with Gasteiger partial charge in [0.25, 0.3) is 5.91 Å². The molecule has 0 unspecified atom stereocenters. The average molecular weight is 438 g/mol. The van der Waals surface area contributed by atoms with Crippen molar-refractivity contribution in [2.45, 2.75) is 19.6 Å². The molecule has 4 aromatic rings. The van der Waals surface area contributed by atoms with E-state index in [-0.39, 0.29) is 11.9 Å². The van der Waals surface area contributed by atoms with E-state index in [0.717, 1.165) is 33.3 Å². The molecule has 0 aliphatic rings. The lowest BCUT2D eigenvalue weighted by atomic mass is 10.1. The number of carbonyl (C=O) groups excluding carboxylic acids is 2. The first-order valence-electron chi connectivity index (χ1n) is 10.5. The van der Waals surface area contributed by atoms with Crippen LogP contribution in [0.25, 0.3) is 11.0 Å². The summed E-state index contributed by atoms with van der Waals surface area (Å²) >= 11 is 0. The van der Waals surface area contributed by atoms with Crippen LogP contribution in [0.2, 0.25) is 0 Å². The van der Waals surface area contributed by atoms with Crippen molar-refractivity contribution >= 4 is 23.0 Å². The lowest BCUT2D eigenvalue weighted by Crippen LogP contribution is -2.35. The van der Waals surface area contributed by atoms with Crippen molar-refractivity contribution in [2.75, 3.05) is 0 Å². The lowest BCUT2D eigenvalue weighted by Gasteiger charge is -2.12. The number of urea groups is 1. The number of nitrogens with zero attached hydrogens (tertiary/aromatic N) is 1. The molecule has 7 heteroatoms. The molecule has 2 heterocycles. The van der Waals surface area contributed by atoms with Gasteiger partial charge in [0.15, 0.2) is 0 Å². The van der Waals surface area contributed by atoms with Crippen LogP contribution in [0.1, 0.15) is 22.3 Å². The van der Waals surface area contributed by atoms with E-state index in [2.05, 4.69) is 37.8 Å². The van der Waals surface area contributed by atoms with Crippen molar-refractivity contribution in [2.24, 2.45) is 0 Å². The summed E-state index contributed by atoms with van der Waals surface area (Å²) in [7, 11) is 0. The molecule has 2 aromatic heterocycles. The van der Waals surface area contributed by atoms with Crippen LogP contribution in [0.5, 0.6) is 0 Å². The summed E-state index contributed by atoms with van der Waals surface area (Å²) in [4.78, 5) is 31.7. The molecule has 0 saturated carbocycles. The zero-order valence-corrected chi connectivity index (χ0v) is 17.9. The molecule has 3 amide bonds. The largest absolute Gasteiger partial charge is 0.346 e. The Balaban J connectivity index is 1.28. The van der Waals surface area contributed by atoms with Crippen molar-refractivity contribution < 1.29 is 9.59 Å². The molecular weight excluding hydrogens is 414 g/mol. The van der Waals surface area contributed by atoms with Gasteiger partial charge < -0.3 is 20.9 Å². The molecule has 0 bridgehead atoms. The predicted octanol–water partition coefficient (Wildman–Crippen LogP) is 3.23. The molecule has 33 heavy (non-hydrogen) atoms. The molecule has 0 saturated heterocycles. The zero-order chi connectivity index (χ0) is 22.9. The first-order chi connectivity index (χ1) is 16.2. The Bertz CT molecular complexity index is 1320. The van der Waals surface area contributed by atoms with Gasteiger partial charge in [-0.1, -0.05) is 48.4 Å². The standard InChI is InChI=1S/C26H23N5O2/c32-24(11-10-19-6-2-1-3-7-19)29-16-20-8-4-5-9-21(20)17-30-26(33)31-18-22-12-14-27-25-23(22)13-15-28-25/h1-9,12-15H,16-18H2,(H,27,28)(H,29,32)(H2,30,31,33). The smallest absolute Gasteiger partial charge is 0.315 e. The third-order valence-electron chi connectivity index (χ3n) is 5.08. The molecule has 0 radical (unpaired) electrons. The monoisotopic (exact) mass is 437 g/mol. The number of benzene rings is 2. The topological polar surface area (TPSA) is 98.9 Å². The van der Waals surface area contributed by atoms with Gasteiger partial charge in [-0.15, -0.1) is 0 Å². The van der Waals surface area contributed by atoms with Gasteiger partial charge in [0.1, 0.15) is 5.65 Å². The summed E-state index contributed by atoms with van der Waals surface area (Å²) in [6.45, 7) is 1.05. The van der Waals surface area contributed by atoms with Gasteiger partial charge in [0, 0.05) is 48.9 Å². The molecule has 7 nitrogen and oxygen atoms in total. The van der Waals surface area contributed by atoms with Gasteiger partial charge in [-0.3, -0.25) is 4.79 Å². The van der Waals surface area contributed by atoms with E-state index in [1.54, 1.807) is 6.20 Å². The normalized spacial score (nSPS) is 10.2. The maximum Gasteiger partial charge on any atom is 0.315 e. The fraction of sp³-hybridized carbons (Fsp3) is 0.115. The third-order valence-corrected chi connectivity index (χ3v) is 5.08. The van der Waals surface area contributed by atoms with Crippen LogP contribution in [0.4, 0.5) is 4.79 Å². The Morgan fingerprint density at radius 3 is 2.21 bits per heavy atom. The summed E-state index contributed by atoms with van der Waals surface area (Å²) in [5.74, 6) is 5.08. The number of pyridine rings is 1. The molecule has 4 rings (SSSR count). The highest BCUT2D eigenvalue weighted by atomic mass is 16.2. The van der Waals surface area contributed by atoms with Crippen LogP contribution < -0.4 is 16.0 Å². The van der Waals surface area contributed by atoms with Gasteiger partial charge in [-0.05, 0) is 41.0 Å². The molecule has 4 N–H and O–H groups in total. The molecule has 2 aromatic carbocycles. The second-order valence-corrected chi connectivity index (χ2v) is 7.31. The van der Waals surface area contributed by atoms with Gasteiger partial charge in [-0.25, -0.2) is 9.78 Å². The predicted molar refractivity (Wildman–Crippen MR) is 127 cm³/mol. The second-order valence-electron chi connectivity index (χ2n) is 7.31. The molecule has 0 aliphatic heterocycles. The van der Waals surface area contributed by atoms with E-state index >= 15 is 0 Å². The van der Waals surface area contributed by atoms with E-state index in [0.29, 0.717) is 19.6 Å². The second kappa shape index (κ2) is 10.6. The summed E-state index contributed by atoms with van der Waals surface area (Å²) in [6, 6.07) is 20.5. The Morgan fingerprint density at radius 1 is 0.788 bits per heavy atom. The summed E-state index contributed by atoms with van der Waals surface area (Å²) in [5.41, 5.74) is 4.39. The minimum Gasteiger partial charge on any atom is -0.346 e. The van der Waals surface area contributed by atoms with Crippen LogP contribution in [-0.4, -0.2) is 21.9 Å². The molecule has 0 fully saturated rings. The maximum absolute atomic E-state index is 12.3.